The van der Waals surface area contributed by atoms with Gasteiger partial charge in [-0.2, -0.15) is 0 Å². The fourth-order valence-electron chi connectivity index (χ4n) is 3.10. The summed E-state index contributed by atoms with van der Waals surface area (Å²) < 4.78 is 46.7. The highest BCUT2D eigenvalue weighted by molar-refractivity contribution is 6.06. The maximum Gasteiger partial charge on any atom is 0.259 e. The second kappa shape index (κ2) is 7.78. The molecule has 0 aliphatic carbocycles. The van der Waals surface area contributed by atoms with Crippen molar-refractivity contribution in [3.63, 3.8) is 0 Å². The van der Waals surface area contributed by atoms with E-state index in [1.165, 1.54) is 12.1 Å². The van der Waals surface area contributed by atoms with Gasteiger partial charge < -0.3 is 15.4 Å². The van der Waals surface area contributed by atoms with Crippen molar-refractivity contribution >= 4 is 17.5 Å². The maximum absolute atomic E-state index is 14.6. The van der Waals surface area contributed by atoms with Gasteiger partial charge in [0.2, 0.25) is 5.95 Å². The number of benzene rings is 2. The van der Waals surface area contributed by atoms with E-state index in [1.807, 2.05) is 0 Å². The van der Waals surface area contributed by atoms with Gasteiger partial charge in [0.15, 0.2) is 11.6 Å². The number of anilines is 2. The van der Waals surface area contributed by atoms with Crippen LogP contribution >= 0.6 is 0 Å². The van der Waals surface area contributed by atoms with Crippen LogP contribution in [-0.2, 0) is 0 Å². The number of rotatable bonds is 4. The van der Waals surface area contributed by atoms with Crippen LogP contribution in [0, 0.1) is 17.5 Å². The van der Waals surface area contributed by atoms with Gasteiger partial charge in [-0.05, 0) is 30.3 Å². The summed E-state index contributed by atoms with van der Waals surface area (Å²) in [6.45, 7) is 0.242. The summed E-state index contributed by atoms with van der Waals surface area (Å²) >= 11 is 0. The summed E-state index contributed by atoms with van der Waals surface area (Å²) in [6.07, 6.45) is 3.55. The molecule has 0 radical (unpaired) electrons. The number of ether oxygens (including phenoxy) is 1. The largest absolute Gasteiger partial charge is 0.492 e. The standard InChI is InChI=1S/C20H15F3N4O2/c21-13-4-2-11(10-15(13)23)26-19(28)12-3-5-14(22)17-16(6-9-29-18(12)17)27-20-24-7-1-8-25-20/h1-5,7-8,10,16H,6,9H2,(H,26,28)(H,24,25,27). The number of fused-ring (bicyclic) bond motifs is 1. The van der Waals surface area contributed by atoms with Gasteiger partial charge in [-0.25, -0.2) is 23.1 Å². The molecule has 1 aliphatic heterocycles. The van der Waals surface area contributed by atoms with E-state index in [0.717, 1.165) is 18.2 Å². The molecule has 0 spiro atoms. The quantitative estimate of drug-likeness (QED) is 0.690. The van der Waals surface area contributed by atoms with Gasteiger partial charge in [0, 0.05) is 30.6 Å². The number of hydrogen-bond donors (Lipinski definition) is 2. The van der Waals surface area contributed by atoms with Crippen LogP contribution < -0.4 is 15.4 Å². The van der Waals surface area contributed by atoms with Gasteiger partial charge in [-0.3, -0.25) is 4.79 Å². The van der Waals surface area contributed by atoms with Gasteiger partial charge in [0.25, 0.3) is 5.91 Å². The third kappa shape index (κ3) is 3.84. The van der Waals surface area contributed by atoms with Crippen molar-refractivity contribution in [3.8, 4) is 5.75 Å². The third-order valence-corrected chi connectivity index (χ3v) is 4.44. The van der Waals surface area contributed by atoms with Crippen LogP contribution in [0.2, 0.25) is 0 Å². The number of carbonyl (C=O) groups is 1. The summed E-state index contributed by atoms with van der Waals surface area (Å²) in [6, 6.07) is 6.59. The Morgan fingerprint density at radius 2 is 1.79 bits per heavy atom. The van der Waals surface area contributed by atoms with Crippen molar-refractivity contribution < 1.29 is 22.7 Å². The average Bonchev–Trinajstić information content (AvgIpc) is 2.72. The second-order valence-electron chi connectivity index (χ2n) is 6.33. The van der Waals surface area contributed by atoms with E-state index in [2.05, 4.69) is 20.6 Å². The summed E-state index contributed by atoms with van der Waals surface area (Å²) in [5.41, 5.74) is 0.323. The number of nitrogens with one attached hydrogen (secondary N) is 2. The molecule has 2 aromatic carbocycles. The van der Waals surface area contributed by atoms with E-state index >= 15 is 0 Å². The van der Waals surface area contributed by atoms with Crippen LogP contribution in [0.4, 0.5) is 24.8 Å². The van der Waals surface area contributed by atoms with Crippen molar-refractivity contribution in [3.05, 3.63) is 77.4 Å². The molecular weight excluding hydrogens is 385 g/mol. The molecule has 1 aromatic heterocycles. The number of halogens is 3. The Hall–Kier alpha value is -3.62. The fraction of sp³-hybridized carbons (Fsp3) is 0.150. The van der Waals surface area contributed by atoms with Gasteiger partial charge in [-0.1, -0.05) is 0 Å². The number of hydrogen-bond acceptors (Lipinski definition) is 5. The number of carbonyl (C=O) groups excluding carboxylic acids is 1. The Labute approximate surface area is 163 Å². The molecule has 0 saturated carbocycles. The molecule has 0 saturated heterocycles. The first-order chi connectivity index (χ1) is 14.0. The smallest absolute Gasteiger partial charge is 0.259 e. The molecule has 6 nitrogen and oxygen atoms in total. The highest BCUT2D eigenvalue weighted by Gasteiger charge is 2.30. The van der Waals surface area contributed by atoms with Crippen LogP contribution in [-0.4, -0.2) is 22.5 Å². The zero-order valence-corrected chi connectivity index (χ0v) is 15.0. The van der Waals surface area contributed by atoms with E-state index < -0.39 is 29.4 Å². The van der Waals surface area contributed by atoms with Crippen molar-refractivity contribution in [2.45, 2.75) is 12.5 Å². The zero-order valence-electron chi connectivity index (χ0n) is 15.0. The molecule has 0 bridgehead atoms. The Balaban J connectivity index is 1.64. The van der Waals surface area contributed by atoms with Gasteiger partial charge in [0.05, 0.1) is 23.8 Å². The Bertz CT molecular complexity index is 1060. The van der Waals surface area contributed by atoms with E-state index in [-0.39, 0.29) is 29.2 Å². The van der Waals surface area contributed by atoms with E-state index in [4.69, 9.17) is 4.74 Å². The van der Waals surface area contributed by atoms with Crippen molar-refractivity contribution in [2.75, 3.05) is 17.2 Å². The Morgan fingerprint density at radius 3 is 2.55 bits per heavy atom. The molecule has 1 atom stereocenters. The molecule has 2 N–H and O–H groups in total. The molecule has 29 heavy (non-hydrogen) atoms. The molecular formula is C20H15F3N4O2. The average molecular weight is 400 g/mol. The summed E-state index contributed by atoms with van der Waals surface area (Å²) in [7, 11) is 0. The minimum absolute atomic E-state index is 0.0649. The van der Waals surface area contributed by atoms with Gasteiger partial charge in [0.1, 0.15) is 11.6 Å². The first-order valence-electron chi connectivity index (χ1n) is 8.78. The number of nitrogens with zero attached hydrogens (tertiary/aromatic N) is 2. The molecule has 1 unspecified atom stereocenters. The van der Waals surface area contributed by atoms with Crippen LogP contribution in [0.15, 0.2) is 48.8 Å². The number of aromatic nitrogens is 2. The molecule has 1 amide bonds. The predicted molar refractivity (Wildman–Crippen MR) is 99.2 cm³/mol. The van der Waals surface area contributed by atoms with E-state index in [0.29, 0.717) is 12.4 Å². The molecule has 9 heteroatoms. The summed E-state index contributed by atoms with van der Waals surface area (Å²) in [4.78, 5) is 20.8. The van der Waals surface area contributed by atoms with Crippen LogP contribution in [0.5, 0.6) is 5.75 Å². The van der Waals surface area contributed by atoms with Crippen molar-refractivity contribution in [1.82, 2.24) is 9.97 Å². The maximum atomic E-state index is 14.6. The first kappa shape index (κ1) is 18.7. The molecule has 2 heterocycles. The SMILES string of the molecule is O=C(Nc1ccc(F)c(F)c1)c1ccc(F)c2c1OCCC2Nc1ncccn1. The lowest BCUT2D eigenvalue weighted by Gasteiger charge is -2.28. The van der Waals surface area contributed by atoms with Crippen molar-refractivity contribution in [2.24, 2.45) is 0 Å². The van der Waals surface area contributed by atoms with Crippen LogP contribution in [0.3, 0.4) is 0 Å². The first-order valence-corrected chi connectivity index (χ1v) is 8.78. The lowest BCUT2D eigenvalue weighted by Crippen LogP contribution is -2.25. The molecule has 3 aromatic rings. The molecule has 1 aliphatic rings. The Morgan fingerprint density at radius 1 is 1.03 bits per heavy atom. The summed E-state index contributed by atoms with van der Waals surface area (Å²) in [5, 5.41) is 5.51. The normalized spacial score (nSPS) is 15.2. The topological polar surface area (TPSA) is 76.1 Å². The zero-order chi connectivity index (χ0) is 20.4. The van der Waals surface area contributed by atoms with E-state index in [1.54, 1.807) is 18.5 Å². The van der Waals surface area contributed by atoms with Gasteiger partial charge >= 0.3 is 0 Å². The van der Waals surface area contributed by atoms with E-state index in [9.17, 15) is 18.0 Å². The highest BCUT2D eigenvalue weighted by atomic mass is 19.2. The predicted octanol–water partition coefficient (Wildman–Crippen LogP) is 4.08. The lowest BCUT2D eigenvalue weighted by atomic mass is 9.96. The minimum atomic E-state index is -1.09. The fourth-order valence-corrected chi connectivity index (χ4v) is 3.10. The molecule has 0 fully saturated rings. The molecule has 4 rings (SSSR count). The minimum Gasteiger partial charge on any atom is -0.492 e. The second-order valence-corrected chi connectivity index (χ2v) is 6.33. The lowest BCUT2D eigenvalue weighted by molar-refractivity contribution is 0.102. The monoisotopic (exact) mass is 400 g/mol. The van der Waals surface area contributed by atoms with Crippen molar-refractivity contribution in [1.29, 1.82) is 0 Å². The highest BCUT2D eigenvalue weighted by Crippen LogP contribution is 2.38. The number of amides is 1. The Kier molecular flexibility index (Phi) is 5.03. The third-order valence-electron chi connectivity index (χ3n) is 4.44. The summed E-state index contributed by atoms with van der Waals surface area (Å²) in [5.74, 6) is -2.89. The van der Waals surface area contributed by atoms with Crippen LogP contribution in [0.1, 0.15) is 28.4 Å². The van der Waals surface area contributed by atoms with Gasteiger partial charge in [-0.15, -0.1) is 0 Å². The molecule has 148 valence electrons. The van der Waals surface area contributed by atoms with Crippen LogP contribution in [0.25, 0.3) is 0 Å².